The van der Waals surface area contributed by atoms with Crippen molar-refractivity contribution in [2.45, 2.75) is 0 Å². The standard InChI is InChI=1S/C48H29NO2S/c1-4-13-43-37(8-1)39-26-25-35(29-45(39)50-43)49(33-21-16-30(17-22-33)32-20-27-47-42(28-32)40-10-3-6-15-46(40)52-47)34-23-18-31(19-24-34)36-11-7-12-41-38-9-2-5-14-44(38)51-48(36)41/h1-29H. The molecule has 0 atom stereocenters. The van der Waals surface area contributed by atoms with Crippen LogP contribution in [0, 0.1) is 0 Å². The molecule has 0 aliphatic rings. The monoisotopic (exact) mass is 683 g/mol. The predicted molar refractivity (Wildman–Crippen MR) is 219 cm³/mol. The molecule has 244 valence electrons. The lowest BCUT2D eigenvalue weighted by Crippen LogP contribution is -2.09. The van der Waals surface area contributed by atoms with Gasteiger partial charge in [-0.2, -0.15) is 0 Å². The molecule has 0 saturated heterocycles. The second kappa shape index (κ2) is 11.5. The lowest BCUT2D eigenvalue weighted by Gasteiger charge is -2.26. The second-order valence-electron chi connectivity index (χ2n) is 13.3. The number of furan rings is 2. The molecule has 52 heavy (non-hydrogen) atoms. The van der Waals surface area contributed by atoms with Crippen LogP contribution in [0.5, 0.6) is 0 Å². The van der Waals surface area contributed by atoms with Gasteiger partial charge in [0.2, 0.25) is 0 Å². The molecule has 3 heterocycles. The summed E-state index contributed by atoms with van der Waals surface area (Å²) in [6.07, 6.45) is 0. The Labute approximate surface area is 303 Å². The summed E-state index contributed by atoms with van der Waals surface area (Å²) in [4.78, 5) is 2.30. The van der Waals surface area contributed by atoms with E-state index in [4.69, 9.17) is 8.83 Å². The number of hydrogen-bond acceptors (Lipinski definition) is 4. The Morgan fingerprint density at radius 2 is 0.923 bits per heavy atom. The van der Waals surface area contributed by atoms with E-state index in [0.717, 1.165) is 72.1 Å². The van der Waals surface area contributed by atoms with E-state index in [1.807, 2.05) is 35.6 Å². The molecule has 11 aromatic rings. The number of hydrogen-bond donors (Lipinski definition) is 0. The van der Waals surface area contributed by atoms with E-state index in [1.165, 1.54) is 31.3 Å². The summed E-state index contributed by atoms with van der Waals surface area (Å²) >= 11 is 1.85. The van der Waals surface area contributed by atoms with Crippen molar-refractivity contribution in [3.8, 4) is 22.3 Å². The normalized spacial score (nSPS) is 11.8. The second-order valence-corrected chi connectivity index (χ2v) is 14.4. The Balaban J connectivity index is 1.02. The van der Waals surface area contributed by atoms with E-state index >= 15 is 0 Å². The van der Waals surface area contributed by atoms with Gasteiger partial charge in [-0.05, 0) is 83.4 Å². The van der Waals surface area contributed by atoms with Crippen molar-refractivity contribution in [2.75, 3.05) is 4.90 Å². The van der Waals surface area contributed by atoms with Gasteiger partial charge in [-0.1, -0.05) is 103 Å². The maximum atomic E-state index is 6.39. The maximum absolute atomic E-state index is 6.39. The molecule has 0 aliphatic carbocycles. The first-order valence-corrected chi connectivity index (χ1v) is 18.3. The number of benzene rings is 8. The highest BCUT2D eigenvalue weighted by Crippen LogP contribution is 2.42. The van der Waals surface area contributed by atoms with E-state index in [0.29, 0.717) is 0 Å². The first-order chi connectivity index (χ1) is 25.7. The Morgan fingerprint density at radius 3 is 1.71 bits per heavy atom. The Morgan fingerprint density at radius 1 is 0.346 bits per heavy atom. The van der Waals surface area contributed by atoms with Gasteiger partial charge in [0.25, 0.3) is 0 Å². The molecule has 0 unspecified atom stereocenters. The van der Waals surface area contributed by atoms with E-state index < -0.39 is 0 Å². The van der Waals surface area contributed by atoms with E-state index in [9.17, 15) is 0 Å². The first kappa shape index (κ1) is 29.1. The molecular weight excluding hydrogens is 655 g/mol. The zero-order valence-corrected chi connectivity index (χ0v) is 28.7. The molecule has 11 rings (SSSR count). The van der Waals surface area contributed by atoms with Crippen LogP contribution >= 0.6 is 11.3 Å². The van der Waals surface area contributed by atoms with Crippen LogP contribution in [0.2, 0.25) is 0 Å². The quantitative estimate of drug-likeness (QED) is 0.181. The minimum absolute atomic E-state index is 0.866. The smallest absolute Gasteiger partial charge is 0.143 e. The minimum Gasteiger partial charge on any atom is -0.456 e. The average Bonchev–Trinajstić information content (AvgIpc) is 3.89. The largest absolute Gasteiger partial charge is 0.456 e. The first-order valence-electron chi connectivity index (χ1n) is 17.5. The third-order valence-corrected chi connectivity index (χ3v) is 11.4. The zero-order valence-electron chi connectivity index (χ0n) is 27.9. The van der Waals surface area contributed by atoms with Crippen molar-refractivity contribution in [3.63, 3.8) is 0 Å². The molecule has 0 fully saturated rings. The fraction of sp³-hybridized carbons (Fsp3) is 0. The van der Waals surface area contributed by atoms with Crippen LogP contribution in [0.15, 0.2) is 185 Å². The van der Waals surface area contributed by atoms with Crippen LogP contribution in [-0.4, -0.2) is 0 Å². The van der Waals surface area contributed by atoms with Crippen molar-refractivity contribution < 1.29 is 8.83 Å². The predicted octanol–water partition coefficient (Wildman–Crippen LogP) is 14.7. The summed E-state index contributed by atoms with van der Waals surface area (Å²) < 4.78 is 15.4. The molecule has 3 aromatic heterocycles. The van der Waals surface area contributed by atoms with E-state index in [2.05, 4.69) is 157 Å². The SMILES string of the molecule is c1ccc2c(c1)oc1cc(N(c3ccc(-c4ccc5sc6ccccc6c5c4)cc3)c3ccc(-c4cccc5c4oc4ccccc45)cc3)ccc12. The molecule has 0 spiro atoms. The van der Waals surface area contributed by atoms with Crippen molar-refractivity contribution in [1.82, 2.24) is 0 Å². The summed E-state index contributed by atoms with van der Waals surface area (Å²) in [7, 11) is 0. The topological polar surface area (TPSA) is 29.5 Å². The van der Waals surface area contributed by atoms with Gasteiger partial charge in [0.05, 0.1) is 0 Å². The van der Waals surface area contributed by atoms with Crippen molar-refractivity contribution >= 4 is 92.4 Å². The number of para-hydroxylation sites is 3. The summed E-state index contributed by atoms with van der Waals surface area (Å²) in [6, 6.07) is 62.6. The van der Waals surface area contributed by atoms with Gasteiger partial charge < -0.3 is 13.7 Å². The van der Waals surface area contributed by atoms with Gasteiger partial charge in [-0.3, -0.25) is 0 Å². The van der Waals surface area contributed by atoms with Gasteiger partial charge in [0.1, 0.15) is 22.3 Å². The molecule has 8 aromatic carbocycles. The van der Waals surface area contributed by atoms with Gasteiger partial charge >= 0.3 is 0 Å². The molecule has 0 aliphatic heterocycles. The van der Waals surface area contributed by atoms with Gasteiger partial charge in [0.15, 0.2) is 0 Å². The highest BCUT2D eigenvalue weighted by atomic mass is 32.1. The highest BCUT2D eigenvalue weighted by Gasteiger charge is 2.18. The van der Waals surface area contributed by atoms with Crippen LogP contribution in [0.25, 0.3) is 86.3 Å². The third-order valence-electron chi connectivity index (χ3n) is 10.3. The number of rotatable bonds is 5. The molecule has 0 radical (unpaired) electrons. The minimum atomic E-state index is 0.866. The fourth-order valence-electron chi connectivity index (χ4n) is 7.77. The van der Waals surface area contributed by atoms with Crippen LogP contribution in [0.1, 0.15) is 0 Å². The van der Waals surface area contributed by atoms with Gasteiger partial charge in [-0.15, -0.1) is 11.3 Å². The van der Waals surface area contributed by atoms with Crippen molar-refractivity contribution in [3.05, 3.63) is 176 Å². The fourth-order valence-corrected chi connectivity index (χ4v) is 8.86. The van der Waals surface area contributed by atoms with E-state index in [1.54, 1.807) is 0 Å². The average molecular weight is 684 g/mol. The summed E-state index contributed by atoms with van der Waals surface area (Å²) in [5.74, 6) is 0. The van der Waals surface area contributed by atoms with Gasteiger partial charge in [-0.25, -0.2) is 0 Å². The van der Waals surface area contributed by atoms with Crippen molar-refractivity contribution in [1.29, 1.82) is 0 Å². The number of anilines is 3. The number of fused-ring (bicyclic) bond motifs is 9. The van der Waals surface area contributed by atoms with Gasteiger partial charge in [0, 0.05) is 70.4 Å². The summed E-state index contributed by atoms with van der Waals surface area (Å²) in [5, 5.41) is 7.12. The molecule has 0 bridgehead atoms. The summed E-state index contributed by atoms with van der Waals surface area (Å²) in [6.45, 7) is 0. The number of thiophene rings is 1. The highest BCUT2D eigenvalue weighted by molar-refractivity contribution is 7.25. The maximum Gasteiger partial charge on any atom is 0.143 e. The van der Waals surface area contributed by atoms with Crippen LogP contribution in [-0.2, 0) is 0 Å². The lowest BCUT2D eigenvalue weighted by molar-refractivity contribution is 0.669. The van der Waals surface area contributed by atoms with Crippen LogP contribution in [0.3, 0.4) is 0 Å². The molecular formula is C48H29NO2S. The number of nitrogens with zero attached hydrogens (tertiary/aromatic N) is 1. The molecule has 0 N–H and O–H groups in total. The van der Waals surface area contributed by atoms with E-state index in [-0.39, 0.29) is 0 Å². The zero-order chi connectivity index (χ0) is 34.2. The van der Waals surface area contributed by atoms with Crippen molar-refractivity contribution in [2.24, 2.45) is 0 Å². The third kappa shape index (κ3) is 4.58. The van der Waals surface area contributed by atoms with Crippen LogP contribution in [0.4, 0.5) is 17.1 Å². The Hall–Kier alpha value is -6.62. The molecule has 3 nitrogen and oxygen atoms in total. The Kier molecular flexibility index (Phi) is 6.42. The Bertz CT molecular complexity index is 3130. The lowest BCUT2D eigenvalue weighted by atomic mass is 10.0. The summed E-state index contributed by atoms with van der Waals surface area (Å²) in [5.41, 5.74) is 11.3. The molecule has 0 amide bonds. The molecule has 4 heteroatoms. The molecule has 0 saturated carbocycles. The van der Waals surface area contributed by atoms with Crippen LogP contribution < -0.4 is 4.90 Å².